The van der Waals surface area contributed by atoms with E-state index in [1.807, 2.05) is 30.3 Å². The number of anilines is 1. The molecular formula is C22H28N4O4. The van der Waals surface area contributed by atoms with Crippen LogP contribution < -0.4 is 20.1 Å². The number of nitrogens with zero attached hydrogens (tertiary/aromatic N) is 2. The molecule has 1 fully saturated rings. The van der Waals surface area contributed by atoms with E-state index in [1.165, 1.54) is 0 Å². The topological polar surface area (TPSA) is 92.8 Å². The van der Waals surface area contributed by atoms with E-state index in [9.17, 15) is 9.59 Å². The third-order valence-electron chi connectivity index (χ3n) is 5.18. The van der Waals surface area contributed by atoms with E-state index in [-0.39, 0.29) is 17.7 Å². The second kappa shape index (κ2) is 10.6. The van der Waals surface area contributed by atoms with Crippen molar-refractivity contribution in [2.75, 3.05) is 39.2 Å². The lowest BCUT2D eigenvalue weighted by molar-refractivity contribution is -0.123. The lowest BCUT2D eigenvalue weighted by atomic mass is 9.96. The van der Waals surface area contributed by atoms with Gasteiger partial charge in [-0.25, -0.2) is 4.98 Å². The summed E-state index contributed by atoms with van der Waals surface area (Å²) in [5, 5.41) is 5.79. The Morgan fingerprint density at radius 3 is 2.53 bits per heavy atom. The third kappa shape index (κ3) is 5.93. The minimum atomic E-state index is -0.0573. The number of hydrogen-bond donors (Lipinski definition) is 2. The Kier molecular flexibility index (Phi) is 7.62. The predicted molar refractivity (Wildman–Crippen MR) is 113 cm³/mol. The van der Waals surface area contributed by atoms with Gasteiger partial charge in [0, 0.05) is 18.7 Å². The number of carbonyl (C=O) groups is 2. The molecule has 2 aromatic rings. The lowest BCUT2D eigenvalue weighted by Crippen LogP contribution is -2.43. The number of ether oxygens (including phenoxy) is 2. The fourth-order valence-electron chi connectivity index (χ4n) is 3.47. The van der Waals surface area contributed by atoms with Gasteiger partial charge in [-0.3, -0.25) is 14.5 Å². The summed E-state index contributed by atoms with van der Waals surface area (Å²) in [5.74, 6) is 1.75. The molecule has 0 bridgehead atoms. The molecule has 0 aliphatic carbocycles. The molecule has 160 valence electrons. The first-order valence-electron chi connectivity index (χ1n) is 10.0. The van der Waals surface area contributed by atoms with Gasteiger partial charge in [-0.15, -0.1) is 0 Å². The molecule has 3 rings (SSSR count). The average molecular weight is 412 g/mol. The number of benzene rings is 1. The molecule has 1 aliphatic heterocycles. The zero-order valence-electron chi connectivity index (χ0n) is 17.4. The van der Waals surface area contributed by atoms with Crippen molar-refractivity contribution in [3.05, 3.63) is 48.2 Å². The van der Waals surface area contributed by atoms with Crippen molar-refractivity contribution in [1.82, 2.24) is 15.2 Å². The Bertz CT molecular complexity index is 851. The summed E-state index contributed by atoms with van der Waals surface area (Å²) >= 11 is 0. The maximum atomic E-state index is 12.4. The first-order chi connectivity index (χ1) is 14.6. The maximum Gasteiger partial charge on any atom is 0.234 e. The van der Waals surface area contributed by atoms with Crippen LogP contribution in [0.3, 0.4) is 0 Å². The molecule has 8 nitrogen and oxygen atoms in total. The summed E-state index contributed by atoms with van der Waals surface area (Å²) < 4.78 is 10.5. The molecule has 1 saturated heterocycles. The Balaban J connectivity index is 1.40. The summed E-state index contributed by atoms with van der Waals surface area (Å²) in [6, 6.07) is 11.0. The number of amides is 2. The van der Waals surface area contributed by atoms with Crippen molar-refractivity contribution in [1.29, 1.82) is 0 Å². The van der Waals surface area contributed by atoms with E-state index in [1.54, 1.807) is 26.5 Å². The van der Waals surface area contributed by atoms with Crippen molar-refractivity contribution in [3.8, 4) is 11.5 Å². The van der Waals surface area contributed by atoms with E-state index >= 15 is 0 Å². The minimum absolute atomic E-state index is 0.00810. The highest BCUT2D eigenvalue weighted by Crippen LogP contribution is 2.27. The van der Waals surface area contributed by atoms with E-state index in [4.69, 9.17) is 9.47 Å². The van der Waals surface area contributed by atoms with Gasteiger partial charge in [0.05, 0.1) is 20.8 Å². The number of aromatic nitrogens is 1. The maximum absolute atomic E-state index is 12.4. The van der Waals surface area contributed by atoms with Crippen molar-refractivity contribution >= 4 is 17.6 Å². The molecule has 2 amide bonds. The Morgan fingerprint density at radius 1 is 1.10 bits per heavy atom. The normalized spacial score (nSPS) is 14.7. The zero-order valence-corrected chi connectivity index (χ0v) is 17.4. The smallest absolute Gasteiger partial charge is 0.234 e. The largest absolute Gasteiger partial charge is 0.493 e. The van der Waals surface area contributed by atoms with Crippen molar-refractivity contribution in [2.45, 2.75) is 19.4 Å². The van der Waals surface area contributed by atoms with E-state index in [2.05, 4.69) is 20.5 Å². The van der Waals surface area contributed by atoms with Crippen molar-refractivity contribution in [2.24, 2.45) is 5.92 Å². The van der Waals surface area contributed by atoms with E-state index in [0.29, 0.717) is 43.5 Å². The number of hydrogen-bond acceptors (Lipinski definition) is 6. The molecular weight excluding hydrogens is 384 g/mol. The fourth-order valence-corrected chi connectivity index (χ4v) is 3.47. The molecule has 0 unspecified atom stereocenters. The number of carbonyl (C=O) groups excluding carboxylic acids is 2. The van der Waals surface area contributed by atoms with Gasteiger partial charge in [-0.2, -0.15) is 0 Å². The van der Waals surface area contributed by atoms with Crippen LogP contribution in [0.2, 0.25) is 0 Å². The molecule has 0 atom stereocenters. The second-order valence-corrected chi connectivity index (χ2v) is 7.22. The fraction of sp³-hybridized carbons (Fsp3) is 0.409. The second-order valence-electron chi connectivity index (χ2n) is 7.22. The summed E-state index contributed by atoms with van der Waals surface area (Å²) in [7, 11) is 3.17. The molecule has 0 radical (unpaired) electrons. The van der Waals surface area contributed by atoms with Crippen LogP contribution in [0.25, 0.3) is 0 Å². The summed E-state index contributed by atoms with van der Waals surface area (Å²) in [5.41, 5.74) is 0.936. The Labute approximate surface area is 176 Å². The van der Waals surface area contributed by atoms with Crippen LogP contribution in [-0.2, 0) is 16.1 Å². The van der Waals surface area contributed by atoms with Gasteiger partial charge in [-0.05, 0) is 55.8 Å². The van der Waals surface area contributed by atoms with Crippen LogP contribution in [-0.4, -0.2) is 55.6 Å². The van der Waals surface area contributed by atoms with Gasteiger partial charge in [0.2, 0.25) is 11.8 Å². The van der Waals surface area contributed by atoms with Crippen molar-refractivity contribution < 1.29 is 19.1 Å². The molecule has 0 spiro atoms. The highest BCUT2D eigenvalue weighted by Gasteiger charge is 2.26. The number of likely N-dealkylation sites (tertiary alicyclic amines) is 1. The van der Waals surface area contributed by atoms with E-state index < -0.39 is 0 Å². The number of rotatable bonds is 8. The number of methoxy groups -OCH3 is 2. The first-order valence-corrected chi connectivity index (χ1v) is 10.0. The summed E-state index contributed by atoms with van der Waals surface area (Å²) in [6.45, 7) is 2.16. The standard InChI is InChI=1S/C22H28N4O4/c1-29-18-7-6-16(13-19(18)30-2)14-24-21(27)15-26-11-8-17(9-12-26)22(28)25-20-5-3-4-10-23-20/h3-7,10,13,17H,8-9,11-12,14-15H2,1-2H3,(H,24,27)(H,23,25,28). The van der Waals surface area contributed by atoms with Crippen LogP contribution in [0.15, 0.2) is 42.6 Å². The van der Waals surface area contributed by atoms with E-state index in [0.717, 1.165) is 18.4 Å². The molecule has 2 N–H and O–H groups in total. The van der Waals surface area contributed by atoms with Crippen LogP contribution in [0.1, 0.15) is 18.4 Å². The molecule has 1 aliphatic rings. The van der Waals surface area contributed by atoms with Gasteiger partial charge in [0.1, 0.15) is 5.82 Å². The summed E-state index contributed by atoms with van der Waals surface area (Å²) in [4.78, 5) is 30.9. The minimum Gasteiger partial charge on any atom is -0.493 e. The number of nitrogens with one attached hydrogen (secondary N) is 2. The Morgan fingerprint density at radius 2 is 1.87 bits per heavy atom. The number of piperidine rings is 1. The zero-order chi connectivity index (χ0) is 21.3. The van der Waals surface area contributed by atoms with Crippen LogP contribution in [0, 0.1) is 5.92 Å². The molecule has 2 heterocycles. The highest BCUT2D eigenvalue weighted by molar-refractivity contribution is 5.91. The average Bonchev–Trinajstić information content (AvgIpc) is 2.78. The van der Waals surface area contributed by atoms with Crippen LogP contribution in [0.5, 0.6) is 11.5 Å². The highest BCUT2D eigenvalue weighted by atomic mass is 16.5. The summed E-state index contributed by atoms with van der Waals surface area (Å²) in [6.07, 6.45) is 3.10. The van der Waals surface area contributed by atoms with Gasteiger partial charge in [0.15, 0.2) is 11.5 Å². The first kappa shape index (κ1) is 21.6. The lowest BCUT2D eigenvalue weighted by Gasteiger charge is -2.30. The molecule has 1 aromatic heterocycles. The molecule has 30 heavy (non-hydrogen) atoms. The molecule has 0 saturated carbocycles. The SMILES string of the molecule is COc1ccc(CNC(=O)CN2CCC(C(=O)Nc3ccccn3)CC2)cc1OC. The van der Waals surface area contributed by atoms with Gasteiger partial charge < -0.3 is 20.1 Å². The van der Waals surface area contributed by atoms with Crippen LogP contribution in [0.4, 0.5) is 5.82 Å². The monoisotopic (exact) mass is 412 g/mol. The van der Waals surface area contributed by atoms with Gasteiger partial charge in [0.25, 0.3) is 0 Å². The van der Waals surface area contributed by atoms with Gasteiger partial charge in [-0.1, -0.05) is 12.1 Å². The molecule has 1 aromatic carbocycles. The quantitative estimate of drug-likeness (QED) is 0.690. The Hall–Kier alpha value is -3.13. The van der Waals surface area contributed by atoms with Gasteiger partial charge >= 0.3 is 0 Å². The van der Waals surface area contributed by atoms with Crippen LogP contribution >= 0.6 is 0 Å². The van der Waals surface area contributed by atoms with Crippen molar-refractivity contribution in [3.63, 3.8) is 0 Å². The predicted octanol–water partition coefficient (Wildman–Crippen LogP) is 2.07. The number of pyridine rings is 1. The molecule has 8 heteroatoms. The third-order valence-corrected chi connectivity index (χ3v) is 5.18.